The Kier molecular flexibility index (Phi) is 2.58. The van der Waals surface area contributed by atoms with Gasteiger partial charge >= 0.3 is 0 Å². The Labute approximate surface area is 86.5 Å². The van der Waals surface area contributed by atoms with E-state index >= 15 is 0 Å². The largest absolute Gasteiger partial charge is 0.398 e. The van der Waals surface area contributed by atoms with Crippen molar-refractivity contribution in [2.24, 2.45) is 0 Å². The van der Waals surface area contributed by atoms with E-state index in [1.165, 1.54) is 0 Å². The molecule has 0 amide bonds. The smallest absolute Gasteiger partial charge is 0.195 e. The predicted molar refractivity (Wildman–Crippen MR) is 58.4 cm³/mol. The van der Waals surface area contributed by atoms with E-state index in [2.05, 4.69) is 17.1 Å². The van der Waals surface area contributed by atoms with Crippen LogP contribution in [0.5, 0.6) is 0 Å². The summed E-state index contributed by atoms with van der Waals surface area (Å²) in [5.41, 5.74) is 7.27. The van der Waals surface area contributed by atoms with E-state index in [0.717, 1.165) is 28.7 Å². The van der Waals surface area contributed by atoms with Crippen molar-refractivity contribution in [3.05, 3.63) is 18.3 Å². The summed E-state index contributed by atoms with van der Waals surface area (Å²) in [4.78, 5) is 0. The zero-order chi connectivity index (χ0) is 9.97. The number of aromatic nitrogens is 3. The van der Waals surface area contributed by atoms with Crippen molar-refractivity contribution in [3.8, 4) is 0 Å². The van der Waals surface area contributed by atoms with Gasteiger partial charge in [0.05, 0.1) is 0 Å². The fraction of sp³-hybridized carbons (Fsp3) is 0.333. The minimum Gasteiger partial charge on any atom is -0.398 e. The van der Waals surface area contributed by atoms with Gasteiger partial charge in [0.25, 0.3) is 0 Å². The van der Waals surface area contributed by atoms with Gasteiger partial charge in [0.1, 0.15) is 0 Å². The van der Waals surface area contributed by atoms with Crippen molar-refractivity contribution in [3.63, 3.8) is 0 Å². The van der Waals surface area contributed by atoms with Gasteiger partial charge in [-0.1, -0.05) is 18.7 Å². The third-order valence-electron chi connectivity index (χ3n) is 1.83. The number of nitrogen functional groups attached to an aromatic ring is 1. The summed E-state index contributed by atoms with van der Waals surface area (Å²) < 4.78 is 1.93. The molecule has 2 heterocycles. The molecule has 0 saturated carbocycles. The van der Waals surface area contributed by atoms with E-state index in [1.54, 1.807) is 11.8 Å². The average Bonchev–Trinajstić information content (AvgIpc) is 2.57. The van der Waals surface area contributed by atoms with Crippen molar-refractivity contribution in [2.45, 2.75) is 18.5 Å². The first-order chi connectivity index (χ1) is 6.81. The number of nitrogens with two attached hydrogens (primary N) is 1. The van der Waals surface area contributed by atoms with Gasteiger partial charge in [0.2, 0.25) is 0 Å². The molecule has 0 aromatic carbocycles. The standard InChI is InChI=1S/C9H12N4S/c1-2-5-14-9-12-11-8-4-3-7(10)6-13(8)9/h3-4,6H,2,5,10H2,1H3. The van der Waals surface area contributed by atoms with Gasteiger partial charge in [-0.3, -0.25) is 4.40 Å². The lowest BCUT2D eigenvalue weighted by atomic mass is 10.4. The zero-order valence-electron chi connectivity index (χ0n) is 7.97. The normalized spacial score (nSPS) is 10.9. The van der Waals surface area contributed by atoms with Crippen LogP contribution in [0.1, 0.15) is 13.3 Å². The number of hydrogen-bond acceptors (Lipinski definition) is 4. The molecule has 2 rings (SSSR count). The molecule has 4 nitrogen and oxygen atoms in total. The SMILES string of the molecule is CCCSc1nnc2ccc(N)cn12. The molecule has 0 bridgehead atoms. The van der Waals surface area contributed by atoms with Gasteiger partial charge in [0.15, 0.2) is 10.8 Å². The van der Waals surface area contributed by atoms with E-state index in [9.17, 15) is 0 Å². The van der Waals surface area contributed by atoms with Gasteiger partial charge in [-0.15, -0.1) is 10.2 Å². The average molecular weight is 208 g/mol. The van der Waals surface area contributed by atoms with E-state index in [1.807, 2.05) is 22.7 Å². The monoisotopic (exact) mass is 208 g/mol. The van der Waals surface area contributed by atoms with Gasteiger partial charge in [-0.25, -0.2) is 0 Å². The molecule has 0 saturated heterocycles. The highest BCUT2D eigenvalue weighted by atomic mass is 32.2. The van der Waals surface area contributed by atoms with Gasteiger partial charge in [-0.05, 0) is 18.6 Å². The fourth-order valence-electron chi connectivity index (χ4n) is 1.18. The van der Waals surface area contributed by atoms with Crippen LogP contribution in [-0.2, 0) is 0 Å². The summed E-state index contributed by atoms with van der Waals surface area (Å²) in [6.07, 6.45) is 2.98. The lowest BCUT2D eigenvalue weighted by Gasteiger charge is -1.98. The van der Waals surface area contributed by atoms with Crippen molar-refractivity contribution in [1.82, 2.24) is 14.6 Å². The molecule has 0 aliphatic carbocycles. The molecule has 0 unspecified atom stereocenters. The number of thioether (sulfide) groups is 1. The first-order valence-electron chi connectivity index (χ1n) is 4.54. The maximum absolute atomic E-state index is 5.69. The van der Waals surface area contributed by atoms with Gasteiger partial charge in [0, 0.05) is 17.6 Å². The Morgan fingerprint density at radius 1 is 1.43 bits per heavy atom. The highest BCUT2D eigenvalue weighted by molar-refractivity contribution is 7.99. The first-order valence-corrected chi connectivity index (χ1v) is 5.53. The molecule has 0 radical (unpaired) electrons. The molecule has 74 valence electrons. The second-order valence-electron chi connectivity index (χ2n) is 3.02. The second-order valence-corrected chi connectivity index (χ2v) is 4.08. The lowest BCUT2D eigenvalue weighted by Crippen LogP contribution is -1.92. The quantitative estimate of drug-likeness (QED) is 0.782. The van der Waals surface area contributed by atoms with E-state index in [4.69, 9.17) is 5.73 Å². The molecule has 2 aromatic rings. The number of rotatable bonds is 3. The lowest BCUT2D eigenvalue weighted by molar-refractivity contribution is 0.919. The third-order valence-corrected chi connectivity index (χ3v) is 2.98. The summed E-state index contributed by atoms with van der Waals surface area (Å²) in [5, 5.41) is 9.05. The van der Waals surface area contributed by atoms with Crippen molar-refractivity contribution < 1.29 is 0 Å². The summed E-state index contributed by atoms with van der Waals surface area (Å²) >= 11 is 1.70. The predicted octanol–water partition coefficient (Wildman–Crippen LogP) is 1.81. The molecule has 0 aliphatic rings. The maximum Gasteiger partial charge on any atom is 0.195 e. The van der Waals surface area contributed by atoms with Crippen LogP contribution in [0.15, 0.2) is 23.5 Å². The summed E-state index contributed by atoms with van der Waals surface area (Å²) in [5.74, 6) is 1.05. The van der Waals surface area contributed by atoms with Crippen molar-refractivity contribution in [2.75, 3.05) is 11.5 Å². The van der Waals surface area contributed by atoms with Crippen LogP contribution in [-0.4, -0.2) is 20.4 Å². The topological polar surface area (TPSA) is 56.2 Å². The molecule has 0 spiro atoms. The Bertz CT molecular complexity index is 437. The first kappa shape index (κ1) is 9.33. The van der Waals surface area contributed by atoms with Crippen LogP contribution < -0.4 is 5.73 Å². The molecule has 0 atom stereocenters. The number of pyridine rings is 1. The van der Waals surface area contributed by atoms with Crippen LogP contribution in [0.4, 0.5) is 5.69 Å². The van der Waals surface area contributed by atoms with E-state index < -0.39 is 0 Å². The van der Waals surface area contributed by atoms with Crippen LogP contribution in [0.2, 0.25) is 0 Å². The van der Waals surface area contributed by atoms with Crippen LogP contribution in [0.25, 0.3) is 5.65 Å². The summed E-state index contributed by atoms with van der Waals surface area (Å²) in [6.45, 7) is 2.14. The third kappa shape index (κ3) is 1.68. The number of anilines is 1. The molecule has 0 aliphatic heterocycles. The number of hydrogen-bond donors (Lipinski definition) is 1. The maximum atomic E-state index is 5.69. The number of nitrogens with zero attached hydrogens (tertiary/aromatic N) is 3. The molecule has 2 N–H and O–H groups in total. The van der Waals surface area contributed by atoms with Crippen molar-refractivity contribution in [1.29, 1.82) is 0 Å². The Morgan fingerprint density at radius 3 is 3.07 bits per heavy atom. The highest BCUT2D eigenvalue weighted by Crippen LogP contribution is 2.18. The minimum absolute atomic E-state index is 0.732. The van der Waals surface area contributed by atoms with Crippen molar-refractivity contribution >= 4 is 23.1 Å². The summed E-state index contributed by atoms with van der Waals surface area (Å²) in [6, 6.07) is 3.70. The van der Waals surface area contributed by atoms with Gasteiger partial charge in [-0.2, -0.15) is 0 Å². The van der Waals surface area contributed by atoms with Gasteiger partial charge < -0.3 is 5.73 Å². The van der Waals surface area contributed by atoms with Crippen LogP contribution >= 0.6 is 11.8 Å². The Hall–Kier alpha value is -1.23. The molecule has 2 aromatic heterocycles. The van der Waals surface area contributed by atoms with Crippen LogP contribution in [0, 0.1) is 0 Å². The molecule has 14 heavy (non-hydrogen) atoms. The molecule has 5 heteroatoms. The molecular weight excluding hydrogens is 196 g/mol. The Balaban J connectivity index is 2.40. The zero-order valence-corrected chi connectivity index (χ0v) is 8.79. The Morgan fingerprint density at radius 2 is 2.29 bits per heavy atom. The van der Waals surface area contributed by atoms with Crippen LogP contribution in [0.3, 0.4) is 0 Å². The van der Waals surface area contributed by atoms with E-state index in [0.29, 0.717) is 0 Å². The second kappa shape index (κ2) is 3.88. The highest BCUT2D eigenvalue weighted by Gasteiger charge is 2.04. The fourth-order valence-corrected chi connectivity index (χ4v) is 1.95. The summed E-state index contributed by atoms with van der Waals surface area (Å²) in [7, 11) is 0. The molecule has 0 fully saturated rings. The van der Waals surface area contributed by atoms with E-state index in [-0.39, 0.29) is 0 Å². The number of fused-ring (bicyclic) bond motifs is 1. The minimum atomic E-state index is 0.732. The molecular formula is C9H12N4S.